The fraction of sp³-hybridized carbons (Fsp3) is 0.462. The number of carbonyl (C=O) groups excluding carboxylic acids is 1. The van der Waals surface area contributed by atoms with Crippen molar-refractivity contribution in [2.45, 2.75) is 27.2 Å². The Bertz CT molecular complexity index is 338. The molecule has 0 atom stereocenters. The molecule has 0 radical (unpaired) electrons. The number of hydrogen-bond donors (Lipinski definition) is 0. The normalized spacial score (nSPS) is 9.94. The van der Waals surface area contributed by atoms with E-state index in [9.17, 15) is 4.79 Å². The zero-order valence-electron chi connectivity index (χ0n) is 10.1. The number of aryl methyl sites for hydroxylation is 2. The molecule has 1 rings (SSSR count). The SMILES string of the molecule is CCOC(=O)CCOc1cc(C)cc(C)c1. The van der Waals surface area contributed by atoms with Crippen LogP contribution in [0, 0.1) is 13.8 Å². The van der Waals surface area contributed by atoms with Gasteiger partial charge >= 0.3 is 5.97 Å². The maximum absolute atomic E-state index is 11.1. The minimum atomic E-state index is -0.216. The van der Waals surface area contributed by atoms with E-state index in [0.29, 0.717) is 19.6 Å². The summed E-state index contributed by atoms with van der Waals surface area (Å²) >= 11 is 0. The highest BCUT2D eigenvalue weighted by atomic mass is 16.5. The van der Waals surface area contributed by atoms with E-state index in [0.717, 1.165) is 16.9 Å². The lowest BCUT2D eigenvalue weighted by Crippen LogP contribution is -2.09. The Morgan fingerprint density at radius 2 is 1.81 bits per heavy atom. The molecule has 3 heteroatoms. The average molecular weight is 222 g/mol. The summed E-state index contributed by atoms with van der Waals surface area (Å²) in [5, 5.41) is 0. The quantitative estimate of drug-likeness (QED) is 0.718. The second kappa shape index (κ2) is 6.16. The molecule has 16 heavy (non-hydrogen) atoms. The monoisotopic (exact) mass is 222 g/mol. The van der Waals surface area contributed by atoms with Crippen LogP contribution in [-0.4, -0.2) is 19.2 Å². The Morgan fingerprint density at radius 3 is 2.38 bits per heavy atom. The molecule has 0 spiro atoms. The molecule has 88 valence electrons. The highest BCUT2D eigenvalue weighted by Gasteiger charge is 2.02. The molecule has 0 unspecified atom stereocenters. The largest absolute Gasteiger partial charge is 0.493 e. The molecular formula is C13H18O3. The summed E-state index contributed by atoms with van der Waals surface area (Å²) in [6.45, 7) is 6.61. The van der Waals surface area contributed by atoms with Gasteiger partial charge in [-0.25, -0.2) is 0 Å². The van der Waals surface area contributed by atoms with E-state index >= 15 is 0 Å². The summed E-state index contributed by atoms with van der Waals surface area (Å²) in [6, 6.07) is 5.99. The highest BCUT2D eigenvalue weighted by Crippen LogP contribution is 2.16. The summed E-state index contributed by atoms with van der Waals surface area (Å²) in [5.41, 5.74) is 2.32. The van der Waals surface area contributed by atoms with Crippen molar-refractivity contribution in [3.05, 3.63) is 29.3 Å². The molecule has 3 nitrogen and oxygen atoms in total. The molecule has 0 saturated carbocycles. The van der Waals surface area contributed by atoms with Gasteiger partial charge in [-0.3, -0.25) is 4.79 Å². The Balaban J connectivity index is 2.40. The first-order valence-electron chi connectivity index (χ1n) is 5.48. The van der Waals surface area contributed by atoms with Gasteiger partial charge in [0.15, 0.2) is 0 Å². The van der Waals surface area contributed by atoms with Crippen molar-refractivity contribution >= 4 is 5.97 Å². The predicted molar refractivity (Wildman–Crippen MR) is 62.7 cm³/mol. The van der Waals surface area contributed by atoms with E-state index < -0.39 is 0 Å². The first kappa shape index (κ1) is 12.6. The number of carbonyl (C=O) groups is 1. The van der Waals surface area contributed by atoms with Crippen molar-refractivity contribution in [1.29, 1.82) is 0 Å². The van der Waals surface area contributed by atoms with Gasteiger partial charge < -0.3 is 9.47 Å². The summed E-state index contributed by atoms with van der Waals surface area (Å²) in [4.78, 5) is 11.1. The van der Waals surface area contributed by atoms with Gasteiger partial charge in [0, 0.05) is 0 Å². The summed E-state index contributed by atoms with van der Waals surface area (Å²) in [5.74, 6) is 0.591. The van der Waals surface area contributed by atoms with Crippen LogP contribution in [0.1, 0.15) is 24.5 Å². The van der Waals surface area contributed by atoms with Crippen molar-refractivity contribution < 1.29 is 14.3 Å². The molecule has 0 heterocycles. The van der Waals surface area contributed by atoms with Crippen LogP contribution < -0.4 is 4.74 Å². The molecule has 0 fully saturated rings. The molecule has 0 bridgehead atoms. The second-order valence-electron chi connectivity index (χ2n) is 3.73. The molecule has 0 saturated heterocycles. The predicted octanol–water partition coefficient (Wildman–Crippen LogP) is 2.64. The number of hydrogen-bond acceptors (Lipinski definition) is 3. The maximum Gasteiger partial charge on any atom is 0.309 e. The minimum absolute atomic E-state index is 0.216. The molecule has 1 aromatic rings. The van der Waals surface area contributed by atoms with E-state index in [1.165, 1.54) is 0 Å². The number of rotatable bonds is 5. The number of benzene rings is 1. The van der Waals surface area contributed by atoms with E-state index in [1.54, 1.807) is 6.92 Å². The summed E-state index contributed by atoms with van der Waals surface area (Å²) < 4.78 is 10.3. The lowest BCUT2D eigenvalue weighted by atomic mass is 10.1. The van der Waals surface area contributed by atoms with Crippen LogP contribution in [0.5, 0.6) is 5.75 Å². The zero-order valence-corrected chi connectivity index (χ0v) is 10.1. The molecule has 0 aromatic heterocycles. The maximum atomic E-state index is 11.1. The molecule has 0 amide bonds. The van der Waals surface area contributed by atoms with Crippen molar-refractivity contribution in [1.82, 2.24) is 0 Å². The van der Waals surface area contributed by atoms with Gasteiger partial charge in [0.2, 0.25) is 0 Å². The molecule has 1 aromatic carbocycles. The van der Waals surface area contributed by atoms with Crippen LogP contribution >= 0.6 is 0 Å². The molecule has 0 N–H and O–H groups in total. The Labute approximate surface area is 96.4 Å². The van der Waals surface area contributed by atoms with Gasteiger partial charge in [0.25, 0.3) is 0 Å². The van der Waals surface area contributed by atoms with Crippen LogP contribution in [0.25, 0.3) is 0 Å². The van der Waals surface area contributed by atoms with Gasteiger partial charge in [-0.1, -0.05) is 6.07 Å². The second-order valence-corrected chi connectivity index (χ2v) is 3.73. The fourth-order valence-electron chi connectivity index (χ4n) is 1.50. The summed E-state index contributed by atoms with van der Waals surface area (Å²) in [6.07, 6.45) is 0.292. The van der Waals surface area contributed by atoms with Gasteiger partial charge in [0.05, 0.1) is 19.6 Å². The Kier molecular flexibility index (Phi) is 4.83. The standard InChI is InChI=1S/C13H18O3/c1-4-15-13(14)5-6-16-12-8-10(2)7-11(3)9-12/h7-9H,4-6H2,1-3H3. The van der Waals surface area contributed by atoms with Crippen LogP contribution in [0.4, 0.5) is 0 Å². The van der Waals surface area contributed by atoms with Gasteiger partial charge in [-0.15, -0.1) is 0 Å². The lowest BCUT2D eigenvalue weighted by Gasteiger charge is -2.07. The highest BCUT2D eigenvalue weighted by molar-refractivity contribution is 5.69. The Morgan fingerprint density at radius 1 is 1.19 bits per heavy atom. The number of esters is 1. The van der Waals surface area contributed by atoms with Crippen LogP contribution in [0.3, 0.4) is 0 Å². The molecule has 0 aliphatic heterocycles. The minimum Gasteiger partial charge on any atom is -0.493 e. The first-order valence-corrected chi connectivity index (χ1v) is 5.48. The van der Waals surface area contributed by atoms with Crippen molar-refractivity contribution in [2.24, 2.45) is 0 Å². The third-order valence-electron chi connectivity index (χ3n) is 2.08. The molecule has 0 aliphatic rings. The van der Waals surface area contributed by atoms with E-state index in [1.807, 2.05) is 26.0 Å². The van der Waals surface area contributed by atoms with Crippen LogP contribution in [-0.2, 0) is 9.53 Å². The van der Waals surface area contributed by atoms with Crippen molar-refractivity contribution in [3.8, 4) is 5.75 Å². The molecular weight excluding hydrogens is 204 g/mol. The first-order chi connectivity index (χ1) is 7.61. The van der Waals surface area contributed by atoms with Gasteiger partial charge in [0.1, 0.15) is 5.75 Å². The third-order valence-corrected chi connectivity index (χ3v) is 2.08. The zero-order chi connectivity index (χ0) is 12.0. The molecule has 0 aliphatic carbocycles. The van der Waals surface area contributed by atoms with Gasteiger partial charge in [-0.05, 0) is 44.0 Å². The topological polar surface area (TPSA) is 35.5 Å². The van der Waals surface area contributed by atoms with Crippen molar-refractivity contribution in [3.63, 3.8) is 0 Å². The van der Waals surface area contributed by atoms with E-state index in [-0.39, 0.29) is 5.97 Å². The average Bonchev–Trinajstić information content (AvgIpc) is 2.16. The summed E-state index contributed by atoms with van der Waals surface area (Å²) in [7, 11) is 0. The number of ether oxygens (including phenoxy) is 2. The third kappa shape index (κ3) is 4.34. The smallest absolute Gasteiger partial charge is 0.309 e. The van der Waals surface area contributed by atoms with Crippen LogP contribution in [0.2, 0.25) is 0 Å². The van der Waals surface area contributed by atoms with Crippen LogP contribution in [0.15, 0.2) is 18.2 Å². The fourth-order valence-corrected chi connectivity index (χ4v) is 1.50. The van der Waals surface area contributed by atoms with Gasteiger partial charge in [-0.2, -0.15) is 0 Å². The van der Waals surface area contributed by atoms with Crippen molar-refractivity contribution in [2.75, 3.05) is 13.2 Å². The lowest BCUT2D eigenvalue weighted by molar-refractivity contribution is -0.143. The Hall–Kier alpha value is -1.51. The van der Waals surface area contributed by atoms with E-state index in [2.05, 4.69) is 6.07 Å². The van der Waals surface area contributed by atoms with E-state index in [4.69, 9.17) is 9.47 Å².